The Hall–Kier alpha value is -2.10. The molecule has 21 heavy (non-hydrogen) atoms. The maximum atomic E-state index is 4.71. The minimum atomic E-state index is 0.477. The summed E-state index contributed by atoms with van der Waals surface area (Å²) in [6.07, 6.45) is 5.74. The third kappa shape index (κ3) is 3.72. The van der Waals surface area contributed by atoms with Gasteiger partial charge in [0.25, 0.3) is 0 Å². The van der Waals surface area contributed by atoms with Gasteiger partial charge in [-0.3, -0.25) is 4.99 Å². The first-order chi connectivity index (χ1) is 10.2. The molecule has 1 saturated carbocycles. The molecule has 1 aromatic carbocycles. The fourth-order valence-electron chi connectivity index (χ4n) is 2.84. The Morgan fingerprint density at radius 1 is 1.19 bits per heavy atom. The van der Waals surface area contributed by atoms with Gasteiger partial charge in [-0.05, 0) is 69.3 Å². The number of hydrogen-bond donors (Lipinski definition) is 0. The largest absolute Gasteiger partial charge is 0.261 e. The number of rotatable bonds is 3. The third-order valence-corrected chi connectivity index (χ3v) is 4.02. The van der Waals surface area contributed by atoms with Crippen molar-refractivity contribution in [3.63, 3.8) is 0 Å². The maximum absolute atomic E-state index is 4.71. The molecular weight excluding hydrogens is 256 g/mol. The van der Waals surface area contributed by atoms with Crippen LogP contribution in [-0.4, -0.2) is 12.1 Å². The van der Waals surface area contributed by atoms with Crippen molar-refractivity contribution in [1.82, 2.24) is 0 Å². The van der Waals surface area contributed by atoms with Gasteiger partial charge in [-0.1, -0.05) is 12.3 Å². The van der Waals surface area contributed by atoms with Crippen molar-refractivity contribution in [2.75, 3.05) is 0 Å². The molecule has 0 spiro atoms. The molecule has 2 rings (SSSR count). The predicted octanol–water partition coefficient (Wildman–Crippen LogP) is 4.93. The van der Waals surface area contributed by atoms with Crippen molar-refractivity contribution < 1.29 is 0 Å². The second kappa shape index (κ2) is 7.07. The number of aryl methyl sites for hydroxylation is 2. The molecule has 1 aromatic rings. The molecule has 0 aromatic heterocycles. The van der Waals surface area contributed by atoms with Crippen LogP contribution >= 0.6 is 0 Å². The Labute approximate surface area is 127 Å². The van der Waals surface area contributed by atoms with Gasteiger partial charge in [-0.15, -0.1) is 5.92 Å². The van der Waals surface area contributed by atoms with Crippen LogP contribution in [0, 0.1) is 37.5 Å². The highest BCUT2D eigenvalue weighted by Gasteiger charge is 2.23. The Kier molecular flexibility index (Phi) is 5.14. The molecule has 108 valence electrons. The lowest BCUT2D eigenvalue weighted by Crippen LogP contribution is -2.06. The highest BCUT2D eigenvalue weighted by atomic mass is 14.7. The van der Waals surface area contributed by atoms with Gasteiger partial charge in [0.15, 0.2) is 0 Å². The van der Waals surface area contributed by atoms with Gasteiger partial charge in [0.1, 0.15) is 0 Å². The quantitative estimate of drug-likeness (QED) is 0.553. The highest BCUT2D eigenvalue weighted by molar-refractivity contribution is 5.71. The summed E-state index contributed by atoms with van der Waals surface area (Å²) in [7, 11) is 0. The van der Waals surface area contributed by atoms with Crippen LogP contribution in [0.15, 0.2) is 28.7 Å². The molecule has 0 aliphatic heterocycles. The van der Waals surface area contributed by atoms with E-state index in [1.54, 1.807) is 0 Å². The summed E-state index contributed by atoms with van der Waals surface area (Å²) in [5.74, 6) is 9.91. The van der Waals surface area contributed by atoms with Gasteiger partial charge in [0.2, 0.25) is 0 Å². The number of hydrogen-bond acceptors (Lipinski definition) is 2. The van der Waals surface area contributed by atoms with E-state index >= 15 is 0 Å². The summed E-state index contributed by atoms with van der Waals surface area (Å²) in [5.41, 5.74) is 4.16. The highest BCUT2D eigenvalue weighted by Crippen LogP contribution is 2.32. The number of benzene rings is 1. The number of nitrogens with zero attached hydrogens (tertiary/aromatic N) is 2. The SMILES string of the molecule is C=C=Nc1cc(C)c(N=CC2CCCC2C#CC)cc1C. The van der Waals surface area contributed by atoms with Crippen molar-refractivity contribution in [2.24, 2.45) is 21.8 Å². The van der Waals surface area contributed by atoms with Crippen molar-refractivity contribution in [3.8, 4) is 11.8 Å². The lowest BCUT2D eigenvalue weighted by molar-refractivity contribution is 0.620. The first-order valence-corrected chi connectivity index (χ1v) is 7.46. The van der Waals surface area contributed by atoms with Gasteiger partial charge >= 0.3 is 0 Å². The molecule has 2 unspecified atom stereocenters. The molecular formula is C19H22N2. The smallest absolute Gasteiger partial charge is 0.0762 e. The van der Waals surface area contributed by atoms with Crippen LogP contribution < -0.4 is 0 Å². The molecule has 2 nitrogen and oxygen atoms in total. The predicted molar refractivity (Wildman–Crippen MR) is 91.1 cm³/mol. The molecule has 1 fully saturated rings. The van der Waals surface area contributed by atoms with E-state index in [2.05, 4.69) is 48.5 Å². The van der Waals surface area contributed by atoms with Gasteiger partial charge in [-0.2, -0.15) is 0 Å². The first-order valence-electron chi connectivity index (χ1n) is 7.46. The average molecular weight is 278 g/mol. The molecule has 1 aliphatic rings. The molecule has 0 saturated heterocycles. The molecule has 2 atom stereocenters. The zero-order valence-corrected chi connectivity index (χ0v) is 13.1. The van der Waals surface area contributed by atoms with Crippen LogP contribution in [0.3, 0.4) is 0 Å². The van der Waals surface area contributed by atoms with E-state index in [-0.39, 0.29) is 0 Å². The lowest BCUT2D eigenvalue weighted by atomic mass is 9.98. The van der Waals surface area contributed by atoms with E-state index in [4.69, 9.17) is 4.99 Å². The summed E-state index contributed by atoms with van der Waals surface area (Å²) in [6.45, 7) is 9.54. The second-order valence-corrected chi connectivity index (χ2v) is 5.57. The number of aliphatic imine (C=N–C) groups is 2. The van der Waals surface area contributed by atoms with Crippen LogP contribution in [0.25, 0.3) is 0 Å². The van der Waals surface area contributed by atoms with Crippen molar-refractivity contribution in [2.45, 2.75) is 40.0 Å². The topological polar surface area (TPSA) is 24.7 Å². The van der Waals surface area contributed by atoms with E-state index in [0.29, 0.717) is 11.8 Å². The van der Waals surface area contributed by atoms with Gasteiger partial charge in [-0.25, -0.2) is 4.99 Å². The standard InChI is InChI=1S/C19H22N2/c1-5-8-16-9-7-10-17(16)13-21-19-12-14(3)18(20-6-2)11-15(19)4/h11-13,16-17H,2,7,9-10H2,1,3-4H3. The summed E-state index contributed by atoms with van der Waals surface area (Å²) in [4.78, 5) is 8.86. The maximum Gasteiger partial charge on any atom is 0.0762 e. The van der Waals surface area contributed by atoms with Crippen molar-refractivity contribution >= 4 is 23.5 Å². The van der Waals surface area contributed by atoms with E-state index < -0.39 is 0 Å². The summed E-state index contributed by atoms with van der Waals surface area (Å²) in [5, 5.41) is 0. The Morgan fingerprint density at radius 2 is 1.90 bits per heavy atom. The Balaban J connectivity index is 2.22. The van der Waals surface area contributed by atoms with Crippen molar-refractivity contribution in [3.05, 3.63) is 29.8 Å². The fourth-order valence-corrected chi connectivity index (χ4v) is 2.84. The monoisotopic (exact) mass is 278 g/mol. The van der Waals surface area contributed by atoms with E-state index in [9.17, 15) is 0 Å². The van der Waals surface area contributed by atoms with Crippen LogP contribution in [-0.2, 0) is 0 Å². The minimum Gasteiger partial charge on any atom is -0.261 e. The molecule has 2 heteroatoms. The summed E-state index contributed by atoms with van der Waals surface area (Å²) in [6, 6.07) is 4.12. The zero-order chi connectivity index (χ0) is 15.2. The Bertz CT molecular complexity index is 652. The molecule has 0 bridgehead atoms. The molecule has 0 N–H and O–H groups in total. The normalized spacial score (nSPS) is 20.9. The second-order valence-electron chi connectivity index (χ2n) is 5.57. The van der Waals surface area contributed by atoms with E-state index in [1.165, 1.54) is 19.3 Å². The van der Waals surface area contributed by atoms with Crippen LogP contribution in [0.5, 0.6) is 0 Å². The van der Waals surface area contributed by atoms with Crippen LogP contribution in [0.1, 0.15) is 37.3 Å². The van der Waals surface area contributed by atoms with Gasteiger partial charge in [0, 0.05) is 18.1 Å². The van der Waals surface area contributed by atoms with Crippen LogP contribution in [0.2, 0.25) is 0 Å². The molecule has 0 amide bonds. The summed E-state index contributed by atoms with van der Waals surface area (Å²) >= 11 is 0. The minimum absolute atomic E-state index is 0.477. The van der Waals surface area contributed by atoms with Gasteiger partial charge in [0.05, 0.1) is 11.4 Å². The first kappa shape index (κ1) is 15.3. The molecule has 0 radical (unpaired) electrons. The fraction of sp³-hybridized carbons (Fsp3) is 0.421. The molecule has 0 heterocycles. The zero-order valence-electron chi connectivity index (χ0n) is 13.1. The van der Waals surface area contributed by atoms with Crippen LogP contribution in [0.4, 0.5) is 11.4 Å². The lowest BCUT2D eigenvalue weighted by Gasteiger charge is -2.09. The molecule has 1 aliphatic carbocycles. The summed E-state index contributed by atoms with van der Waals surface area (Å²) < 4.78 is 0. The van der Waals surface area contributed by atoms with Crippen molar-refractivity contribution in [1.29, 1.82) is 0 Å². The van der Waals surface area contributed by atoms with E-state index in [1.807, 2.05) is 19.9 Å². The van der Waals surface area contributed by atoms with Gasteiger partial charge < -0.3 is 0 Å². The Morgan fingerprint density at radius 3 is 2.62 bits per heavy atom. The third-order valence-electron chi connectivity index (χ3n) is 4.02. The average Bonchev–Trinajstić information content (AvgIpc) is 2.89. The van der Waals surface area contributed by atoms with E-state index in [0.717, 1.165) is 22.5 Å².